The third kappa shape index (κ3) is 2.31. The quantitative estimate of drug-likeness (QED) is 0.820. The Balaban J connectivity index is 2.58. The first-order valence-corrected chi connectivity index (χ1v) is 6.03. The molecule has 0 fully saturated rings. The van der Waals surface area contributed by atoms with Crippen molar-refractivity contribution in [3.63, 3.8) is 0 Å². The van der Waals surface area contributed by atoms with Crippen LogP contribution in [-0.2, 0) is 5.41 Å². The number of nitrogens with zero attached hydrogens (tertiary/aromatic N) is 4. The first-order valence-electron chi connectivity index (χ1n) is 5.24. The molecule has 0 atom stereocenters. The van der Waals surface area contributed by atoms with E-state index < -0.39 is 0 Å². The molecular weight excluding hydrogens is 282 g/mol. The van der Waals surface area contributed by atoms with Crippen molar-refractivity contribution in [3.05, 3.63) is 28.5 Å². The summed E-state index contributed by atoms with van der Waals surface area (Å²) in [6.07, 6.45) is 0. The molecule has 2 rings (SSSR count). The molecule has 0 radical (unpaired) electrons. The van der Waals surface area contributed by atoms with Crippen molar-refractivity contribution in [2.24, 2.45) is 0 Å². The van der Waals surface area contributed by atoms with E-state index in [4.69, 9.17) is 5.73 Å². The second-order valence-corrected chi connectivity index (χ2v) is 5.73. The average molecular weight is 296 g/mol. The molecule has 6 heteroatoms. The van der Waals surface area contributed by atoms with Crippen LogP contribution in [0.15, 0.2) is 22.7 Å². The molecule has 90 valence electrons. The molecule has 2 N–H and O–H groups in total. The molecule has 1 heterocycles. The largest absolute Gasteiger partial charge is 0.399 e. The predicted molar refractivity (Wildman–Crippen MR) is 70.0 cm³/mol. The monoisotopic (exact) mass is 295 g/mol. The summed E-state index contributed by atoms with van der Waals surface area (Å²) in [5, 5.41) is 11.8. The van der Waals surface area contributed by atoms with E-state index in [2.05, 4.69) is 52.2 Å². The lowest BCUT2D eigenvalue weighted by Crippen LogP contribution is -2.19. The zero-order valence-corrected chi connectivity index (χ0v) is 11.6. The van der Waals surface area contributed by atoms with E-state index in [1.165, 1.54) is 0 Å². The van der Waals surface area contributed by atoms with Crippen molar-refractivity contribution >= 4 is 21.6 Å². The third-order valence-corrected chi connectivity index (χ3v) is 2.98. The average Bonchev–Trinajstić information content (AvgIpc) is 2.65. The van der Waals surface area contributed by atoms with Crippen molar-refractivity contribution < 1.29 is 0 Å². The molecule has 2 aromatic rings. The Morgan fingerprint density at radius 2 is 2.00 bits per heavy atom. The summed E-state index contributed by atoms with van der Waals surface area (Å²) in [5.74, 6) is 0.808. The van der Waals surface area contributed by atoms with Crippen molar-refractivity contribution in [2.45, 2.75) is 26.2 Å². The molecule has 17 heavy (non-hydrogen) atoms. The normalized spacial score (nSPS) is 11.8. The van der Waals surface area contributed by atoms with E-state index in [0.717, 1.165) is 16.0 Å². The van der Waals surface area contributed by atoms with Crippen molar-refractivity contribution in [1.82, 2.24) is 20.2 Å². The minimum atomic E-state index is -0.121. The Bertz CT molecular complexity index is 541. The standard InChI is InChI=1S/C11H14BrN5/c1-11(2,3)10-14-15-16-17(10)9-5-4-7(13)6-8(9)12/h4-6H,13H2,1-3H3. The van der Waals surface area contributed by atoms with E-state index in [1.807, 2.05) is 18.2 Å². The van der Waals surface area contributed by atoms with Crippen LogP contribution in [-0.4, -0.2) is 20.2 Å². The first kappa shape index (κ1) is 12.0. The molecule has 5 nitrogen and oxygen atoms in total. The zero-order chi connectivity index (χ0) is 12.6. The number of aromatic nitrogens is 4. The van der Waals surface area contributed by atoms with Crippen LogP contribution in [0.25, 0.3) is 5.69 Å². The van der Waals surface area contributed by atoms with Gasteiger partial charge in [0, 0.05) is 15.6 Å². The number of halogens is 1. The van der Waals surface area contributed by atoms with Crippen LogP contribution in [0, 0.1) is 0 Å². The minimum Gasteiger partial charge on any atom is -0.399 e. The molecule has 0 aliphatic rings. The van der Waals surface area contributed by atoms with Gasteiger partial charge in [-0.25, -0.2) is 0 Å². The number of rotatable bonds is 1. The molecule has 0 spiro atoms. The minimum absolute atomic E-state index is 0.121. The molecule has 0 saturated heterocycles. The topological polar surface area (TPSA) is 69.6 Å². The molecule has 0 aliphatic carbocycles. The summed E-state index contributed by atoms with van der Waals surface area (Å²) < 4.78 is 2.60. The van der Waals surface area contributed by atoms with Crippen molar-refractivity contribution in [1.29, 1.82) is 0 Å². The molecule has 0 saturated carbocycles. The molecule has 1 aromatic carbocycles. The van der Waals surface area contributed by atoms with Crippen LogP contribution in [0.4, 0.5) is 5.69 Å². The number of hydrogen-bond donors (Lipinski definition) is 1. The van der Waals surface area contributed by atoms with Crippen LogP contribution in [0.2, 0.25) is 0 Å². The van der Waals surface area contributed by atoms with Gasteiger partial charge < -0.3 is 5.73 Å². The summed E-state index contributed by atoms with van der Waals surface area (Å²) in [5.41, 5.74) is 7.18. The van der Waals surface area contributed by atoms with Gasteiger partial charge in [-0.05, 0) is 44.6 Å². The van der Waals surface area contributed by atoms with Gasteiger partial charge in [-0.15, -0.1) is 5.10 Å². The Hall–Kier alpha value is -1.43. The molecular formula is C11H14BrN5. The van der Waals surface area contributed by atoms with E-state index in [-0.39, 0.29) is 5.41 Å². The molecule has 1 aromatic heterocycles. The van der Waals surface area contributed by atoms with E-state index in [1.54, 1.807) is 4.68 Å². The van der Waals surface area contributed by atoms with E-state index in [0.29, 0.717) is 5.69 Å². The lowest BCUT2D eigenvalue weighted by atomic mass is 9.96. The number of anilines is 1. The number of hydrogen-bond acceptors (Lipinski definition) is 4. The van der Waals surface area contributed by atoms with Crippen molar-refractivity contribution in [2.75, 3.05) is 5.73 Å². The number of nitrogens with two attached hydrogens (primary N) is 1. The summed E-state index contributed by atoms with van der Waals surface area (Å²) in [6, 6.07) is 5.56. The van der Waals surface area contributed by atoms with Gasteiger partial charge in [0.2, 0.25) is 0 Å². The zero-order valence-electron chi connectivity index (χ0n) is 9.98. The Labute approximate surface area is 108 Å². The van der Waals surface area contributed by atoms with Gasteiger partial charge in [0.05, 0.1) is 5.69 Å². The van der Waals surface area contributed by atoms with E-state index in [9.17, 15) is 0 Å². The fourth-order valence-electron chi connectivity index (χ4n) is 1.51. The highest BCUT2D eigenvalue weighted by Gasteiger charge is 2.23. The summed E-state index contributed by atoms with van der Waals surface area (Å²) in [7, 11) is 0. The number of nitrogen functional groups attached to an aromatic ring is 1. The number of benzene rings is 1. The lowest BCUT2D eigenvalue weighted by Gasteiger charge is -2.17. The smallest absolute Gasteiger partial charge is 0.162 e. The van der Waals surface area contributed by atoms with Gasteiger partial charge >= 0.3 is 0 Å². The SMILES string of the molecule is CC(C)(C)c1nnnn1-c1ccc(N)cc1Br. The Morgan fingerprint density at radius 3 is 2.59 bits per heavy atom. The van der Waals surface area contributed by atoms with Gasteiger partial charge in [-0.1, -0.05) is 20.8 Å². The van der Waals surface area contributed by atoms with Crippen LogP contribution >= 0.6 is 15.9 Å². The highest BCUT2D eigenvalue weighted by Crippen LogP contribution is 2.27. The van der Waals surface area contributed by atoms with Gasteiger partial charge in [-0.2, -0.15) is 4.68 Å². The molecule has 0 aliphatic heterocycles. The van der Waals surface area contributed by atoms with Crippen LogP contribution in [0.5, 0.6) is 0 Å². The van der Waals surface area contributed by atoms with E-state index >= 15 is 0 Å². The Kier molecular flexibility index (Phi) is 2.91. The van der Waals surface area contributed by atoms with Gasteiger partial charge in [0.15, 0.2) is 5.82 Å². The lowest BCUT2D eigenvalue weighted by molar-refractivity contribution is 0.525. The number of tetrazole rings is 1. The van der Waals surface area contributed by atoms with Crippen LogP contribution in [0.3, 0.4) is 0 Å². The highest BCUT2D eigenvalue weighted by atomic mass is 79.9. The second kappa shape index (κ2) is 4.10. The first-order chi connectivity index (χ1) is 7.89. The molecule has 0 unspecified atom stereocenters. The van der Waals surface area contributed by atoms with Gasteiger partial charge in [0.1, 0.15) is 0 Å². The summed E-state index contributed by atoms with van der Waals surface area (Å²) in [4.78, 5) is 0. The maximum atomic E-state index is 5.71. The Morgan fingerprint density at radius 1 is 1.29 bits per heavy atom. The van der Waals surface area contributed by atoms with Crippen LogP contribution in [0.1, 0.15) is 26.6 Å². The summed E-state index contributed by atoms with van der Waals surface area (Å²) >= 11 is 3.47. The van der Waals surface area contributed by atoms with Gasteiger partial charge in [-0.3, -0.25) is 0 Å². The predicted octanol–water partition coefficient (Wildman–Crippen LogP) is 2.30. The summed E-state index contributed by atoms with van der Waals surface area (Å²) in [6.45, 7) is 6.21. The highest BCUT2D eigenvalue weighted by molar-refractivity contribution is 9.10. The maximum Gasteiger partial charge on any atom is 0.162 e. The maximum absolute atomic E-state index is 5.71. The second-order valence-electron chi connectivity index (χ2n) is 4.88. The molecule has 0 bridgehead atoms. The van der Waals surface area contributed by atoms with Crippen LogP contribution < -0.4 is 5.73 Å². The van der Waals surface area contributed by atoms with Gasteiger partial charge in [0.25, 0.3) is 0 Å². The third-order valence-electron chi connectivity index (χ3n) is 2.34. The molecule has 0 amide bonds. The fraction of sp³-hybridized carbons (Fsp3) is 0.364. The van der Waals surface area contributed by atoms with Crippen molar-refractivity contribution in [3.8, 4) is 5.69 Å². The fourth-order valence-corrected chi connectivity index (χ4v) is 2.08.